The molecule has 4 atom stereocenters. The summed E-state index contributed by atoms with van der Waals surface area (Å²) in [6, 6.07) is 3.25. The molecule has 0 saturated carbocycles. The van der Waals surface area contributed by atoms with Crippen molar-refractivity contribution in [3.05, 3.63) is 12.1 Å². The molecule has 0 aromatic carbocycles. The van der Waals surface area contributed by atoms with Crippen molar-refractivity contribution >= 4 is 21.4 Å². The van der Waals surface area contributed by atoms with Gasteiger partial charge in [-0.15, -0.1) is 0 Å². The van der Waals surface area contributed by atoms with Gasteiger partial charge in [-0.1, -0.05) is 46.7 Å². The van der Waals surface area contributed by atoms with E-state index >= 15 is 0 Å². The molecule has 1 heterocycles. The van der Waals surface area contributed by atoms with Crippen molar-refractivity contribution in [3.63, 3.8) is 0 Å². The lowest BCUT2D eigenvalue weighted by Crippen LogP contribution is -2.46. The number of carbonyl (C=O) groups excluding carboxylic acids is 1. The van der Waals surface area contributed by atoms with E-state index in [1.807, 2.05) is 12.9 Å². The second-order valence-corrected chi connectivity index (χ2v) is 14.6. The monoisotopic (exact) mass is 440 g/mol. The highest BCUT2D eigenvalue weighted by Crippen LogP contribution is 2.37. The molecule has 1 aliphatic rings. The molecule has 0 radical (unpaired) electrons. The molecule has 0 N–H and O–H groups in total. The van der Waals surface area contributed by atoms with Crippen molar-refractivity contribution in [2.45, 2.75) is 118 Å². The standard InChI is InChI=1S/C23H45BO5Si/c1-12-30(13-2,14-3)27-21(18(5)19(6)26-20(7)25)17(4)15-16-24-28-22(8,9)23(10,11)29-24/h15-19,21H,12-14H2,1-11H3/b16-15+/t17-,18?,19-,21+/m0/s1. The van der Waals surface area contributed by atoms with E-state index in [0.29, 0.717) is 0 Å². The summed E-state index contributed by atoms with van der Waals surface area (Å²) < 4.78 is 24.7. The van der Waals surface area contributed by atoms with E-state index in [9.17, 15) is 4.79 Å². The first-order valence-electron chi connectivity index (χ1n) is 11.6. The molecule has 0 aromatic heterocycles. The number of ether oxygens (including phenoxy) is 1. The Kier molecular flexibility index (Phi) is 9.86. The minimum Gasteiger partial charge on any atom is -0.462 e. The number of hydrogen-bond donors (Lipinski definition) is 0. The van der Waals surface area contributed by atoms with Gasteiger partial charge in [0.15, 0.2) is 8.32 Å². The van der Waals surface area contributed by atoms with Crippen LogP contribution in [-0.4, -0.2) is 44.8 Å². The number of hydrogen-bond acceptors (Lipinski definition) is 5. The molecule has 1 rings (SSSR count). The van der Waals surface area contributed by atoms with Crippen LogP contribution in [-0.2, 0) is 23.3 Å². The summed E-state index contributed by atoms with van der Waals surface area (Å²) in [6.07, 6.45) is 1.89. The highest BCUT2D eigenvalue weighted by molar-refractivity contribution is 6.73. The van der Waals surface area contributed by atoms with Gasteiger partial charge in [0.05, 0.1) is 17.3 Å². The van der Waals surface area contributed by atoms with Crippen molar-refractivity contribution in [3.8, 4) is 0 Å². The van der Waals surface area contributed by atoms with Crippen LogP contribution in [0.5, 0.6) is 0 Å². The van der Waals surface area contributed by atoms with E-state index in [1.165, 1.54) is 6.92 Å². The lowest BCUT2D eigenvalue weighted by Gasteiger charge is -2.39. The first-order chi connectivity index (χ1) is 13.7. The van der Waals surface area contributed by atoms with Crippen molar-refractivity contribution in [1.82, 2.24) is 0 Å². The second kappa shape index (κ2) is 10.8. The third-order valence-electron chi connectivity index (χ3n) is 7.29. The molecule has 0 aromatic rings. The summed E-state index contributed by atoms with van der Waals surface area (Å²) >= 11 is 0. The largest absolute Gasteiger partial charge is 0.486 e. The molecule has 174 valence electrons. The normalized spacial score (nSPS) is 22.7. The zero-order chi connectivity index (χ0) is 23.3. The molecule has 1 fully saturated rings. The predicted molar refractivity (Wildman–Crippen MR) is 127 cm³/mol. The van der Waals surface area contributed by atoms with Gasteiger partial charge < -0.3 is 18.5 Å². The molecule has 1 unspecified atom stereocenters. The average Bonchev–Trinajstić information content (AvgIpc) is 2.87. The Balaban J connectivity index is 3.06. The van der Waals surface area contributed by atoms with Crippen LogP contribution < -0.4 is 0 Å². The maximum atomic E-state index is 11.5. The van der Waals surface area contributed by atoms with Crippen molar-refractivity contribution in [1.29, 1.82) is 0 Å². The number of carbonyl (C=O) groups is 1. The summed E-state index contributed by atoms with van der Waals surface area (Å²) in [7, 11) is -2.21. The van der Waals surface area contributed by atoms with Crippen LogP contribution in [0.25, 0.3) is 0 Å². The van der Waals surface area contributed by atoms with Gasteiger partial charge in [-0.05, 0) is 58.7 Å². The Morgan fingerprint density at radius 1 is 1.00 bits per heavy atom. The Hall–Kier alpha value is -0.628. The van der Waals surface area contributed by atoms with Crippen LogP contribution >= 0.6 is 0 Å². The fourth-order valence-electron chi connectivity index (χ4n) is 3.96. The van der Waals surface area contributed by atoms with Crippen LogP contribution in [0.1, 0.15) is 76.2 Å². The first-order valence-corrected chi connectivity index (χ1v) is 14.2. The molecule has 1 aliphatic heterocycles. The molecule has 0 bridgehead atoms. The topological polar surface area (TPSA) is 54.0 Å². The summed E-state index contributed by atoms with van der Waals surface area (Å²) in [6.45, 7) is 22.7. The van der Waals surface area contributed by atoms with Gasteiger partial charge in [0, 0.05) is 12.8 Å². The van der Waals surface area contributed by atoms with E-state index in [0.717, 1.165) is 18.1 Å². The van der Waals surface area contributed by atoms with Crippen molar-refractivity contribution in [2.75, 3.05) is 0 Å². The van der Waals surface area contributed by atoms with Gasteiger partial charge in [0.1, 0.15) is 6.10 Å². The van der Waals surface area contributed by atoms with Crippen LogP contribution in [0.4, 0.5) is 0 Å². The molecular formula is C23H45BO5Si. The van der Waals surface area contributed by atoms with E-state index in [4.69, 9.17) is 18.5 Å². The van der Waals surface area contributed by atoms with Crippen LogP contribution in [0.2, 0.25) is 18.1 Å². The van der Waals surface area contributed by atoms with Gasteiger partial charge in [-0.3, -0.25) is 4.79 Å². The average molecular weight is 441 g/mol. The van der Waals surface area contributed by atoms with Gasteiger partial charge in [-0.25, -0.2) is 0 Å². The maximum Gasteiger partial charge on any atom is 0.486 e. The van der Waals surface area contributed by atoms with E-state index in [2.05, 4.69) is 68.4 Å². The highest BCUT2D eigenvalue weighted by Gasteiger charge is 2.50. The summed E-state index contributed by atoms with van der Waals surface area (Å²) in [5, 5.41) is 0. The molecule has 30 heavy (non-hydrogen) atoms. The van der Waals surface area contributed by atoms with Gasteiger partial charge in [0.25, 0.3) is 0 Å². The fourth-order valence-corrected chi connectivity index (χ4v) is 6.97. The van der Waals surface area contributed by atoms with Crippen LogP contribution in [0, 0.1) is 11.8 Å². The van der Waals surface area contributed by atoms with Gasteiger partial charge in [0.2, 0.25) is 0 Å². The van der Waals surface area contributed by atoms with Crippen molar-refractivity contribution in [2.24, 2.45) is 11.8 Å². The molecule has 7 heteroatoms. The zero-order valence-corrected chi connectivity index (χ0v) is 22.2. The molecule has 0 amide bonds. The fraction of sp³-hybridized carbons (Fsp3) is 0.870. The van der Waals surface area contributed by atoms with E-state index < -0.39 is 8.32 Å². The minimum atomic E-state index is -1.84. The predicted octanol–water partition coefficient (Wildman–Crippen LogP) is 5.79. The lowest BCUT2D eigenvalue weighted by molar-refractivity contribution is -0.149. The lowest BCUT2D eigenvalue weighted by atomic mass is 9.84. The molecule has 0 spiro atoms. The number of esters is 1. The SMILES string of the molecule is CC[Si](CC)(CC)O[C@@H](C(C)[C@H](C)OC(C)=O)[C@@H](C)/C=C/B1OC(C)(C)C(C)(C)O1. The quantitative estimate of drug-likeness (QED) is 0.301. The Morgan fingerprint density at radius 3 is 1.87 bits per heavy atom. The summed E-state index contributed by atoms with van der Waals surface area (Å²) in [5.41, 5.74) is -0.708. The third kappa shape index (κ3) is 6.68. The first kappa shape index (κ1) is 27.4. The van der Waals surface area contributed by atoms with E-state index in [-0.39, 0.29) is 48.3 Å². The van der Waals surface area contributed by atoms with Crippen LogP contribution in [0.15, 0.2) is 12.1 Å². The van der Waals surface area contributed by atoms with Gasteiger partial charge in [-0.2, -0.15) is 0 Å². The Bertz CT molecular complexity index is 564. The van der Waals surface area contributed by atoms with Gasteiger partial charge >= 0.3 is 13.1 Å². The number of rotatable bonds is 11. The second-order valence-electron chi connectivity index (χ2n) is 9.87. The van der Waals surface area contributed by atoms with Crippen LogP contribution in [0.3, 0.4) is 0 Å². The molecule has 1 saturated heterocycles. The zero-order valence-electron chi connectivity index (χ0n) is 21.2. The Labute approximate surface area is 186 Å². The molecule has 5 nitrogen and oxygen atoms in total. The smallest absolute Gasteiger partial charge is 0.462 e. The van der Waals surface area contributed by atoms with E-state index in [1.54, 1.807) is 0 Å². The molecule has 0 aliphatic carbocycles. The Morgan fingerprint density at radius 2 is 1.47 bits per heavy atom. The highest BCUT2D eigenvalue weighted by atomic mass is 28.4. The summed E-state index contributed by atoms with van der Waals surface area (Å²) in [5.74, 6) is 1.96. The maximum absolute atomic E-state index is 11.5. The third-order valence-corrected chi connectivity index (χ3v) is 11.9. The molecular weight excluding hydrogens is 395 g/mol. The van der Waals surface area contributed by atoms with Crippen molar-refractivity contribution < 1.29 is 23.3 Å². The summed E-state index contributed by atoms with van der Waals surface area (Å²) in [4.78, 5) is 11.5. The minimum absolute atomic E-state index is 0.0375.